The number of nitrogens with one attached hydrogen (secondary N) is 2. The minimum Gasteiger partial charge on any atom is -0.394 e. The van der Waals surface area contributed by atoms with Crippen molar-refractivity contribution >= 4 is 15.9 Å². The van der Waals surface area contributed by atoms with Crippen LogP contribution in [0.1, 0.15) is 6.92 Å². The van der Waals surface area contributed by atoms with Crippen molar-refractivity contribution in [3.63, 3.8) is 0 Å². The summed E-state index contributed by atoms with van der Waals surface area (Å²) in [7, 11) is -3.67. The van der Waals surface area contributed by atoms with Crippen molar-refractivity contribution in [1.29, 1.82) is 0 Å². The number of amides is 1. The van der Waals surface area contributed by atoms with Gasteiger partial charge in [0, 0.05) is 6.92 Å². The Kier molecular flexibility index (Phi) is 5.24. The van der Waals surface area contributed by atoms with Crippen LogP contribution in [-0.2, 0) is 19.6 Å². The van der Waals surface area contributed by atoms with Crippen molar-refractivity contribution in [3.05, 3.63) is 0 Å². The van der Waals surface area contributed by atoms with Gasteiger partial charge in [-0.15, -0.1) is 0 Å². The second kappa shape index (κ2) is 6.11. The normalized spacial score (nSPS) is 35.9. The highest BCUT2D eigenvalue weighted by Crippen LogP contribution is 2.20. The standard InChI is InChI=1S/C9H18N2O7S/c1-4(13)10-6-8(15)7(14)5(3-12)18-9(6)11-19(2,16)17/h5-9,11-12,14-15H,3H2,1-2H3,(H,10,13)/t5-,6-,7-,8-,9-/m1/s1. The summed E-state index contributed by atoms with van der Waals surface area (Å²) < 4.78 is 29.6. The summed E-state index contributed by atoms with van der Waals surface area (Å²) in [6, 6.07) is -1.16. The molecule has 1 aliphatic rings. The topological polar surface area (TPSA) is 145 Å². The first kappa shape index (κ1) is 16.3. The molecule has 1 fully saturated rings. The largest absolute Gasteiger partial charge is 0.394 e. The van der Waals surface area contributed by atoms with Gasteiger partial charge >= 0.3 is 0 Å². The molecule has 0 spiro atoms. The first-order chi connectivity index (χ1) is 8.65. The zero-order valence-electron chi connectivity index (χ0n) is 10.5. The molecule has 1 heterocycles. The molecule has 0 unspecified atom stereocenters. The van der Waals surface area contributed by atoms with Crippen LogP contribution in [0.3, 0.4) is 0 Å². The van der Waals surface area contributed by atoms with Gasteiger partial charge in [-0.2, -0.15) is 4.72 Å². The highest BCUT2D eigenvalue weighted by molar-refractivity contribution is 7.88. The molecule has 0 aromatic carbocycles. The summed E-state index contributed by atoms with van der Waals surface area (Å²) in [4.78, 5) is 11.0. The maximum absolute atomic E-state index is 11.2. The third kappa shape index (κ3) is 4.37. The van der Waals surface area contributed by atoms with Gasteiger partial charge in [-0.3, -0.25) is 4.79 Å². The average molecular weight is 298 g/mol. The van der Waals surface area contributed by atoms with Crippen molar-refractivity contribution in [1.82, 2.24) is 10.0 Å². The zero-order valence-corrected chi connectivity index (χ0v) is 11.3. The number of sulfonamides is 1. The van der Waals surface area contributed by atoms with E-state index in [9.17, 15) is 23.4 Å². The number of aliphatic hydroxyl groups is 3. The van der Waals surface area contributed by atoms with Crippen LogP contribution in [0.25, 0.3) is 0 Å². The minimum absolute atomic E-state index is 0.525. The van der Waals surface area contributed by atoms with Crippen LogP contribution in [0, 0.1) is 0 Å². The van der Waals surface area contributed by atoms with E-state index in [1.807, 2.05) is 0 Å². The molecule has 10 heteroatoms. The summed E-state index contributed by atoms with van der Waals surface area (Å²) in [5, 5.41) is 30.8. The van der Waals surface area contributed by atoms with Gasteiger partial charge in [0.05, 0.1) is 18.9 Å². The van der Waals surface area contributed by atoms with E-state index in [1.54, 1.807) is 0 Å². The smallest absolute Gasteiger partial charge is 0.217 e. The fourth-order valence-corrected chi connectivity index (χ4v) is 2.45. The Labute approximate surface area is 110 Å². The van der Waals surface area contributed by atoms with Crippen LogP contribution in [0.2, 0.25) is 0 Å². The van der Waals surface area contributed by atoms with Crippen molar-refractivity contribution in [2.24, 2.45) is 0 Å². The van der Waals surface area contributed by atoms with Gasteiger partial charge in [-0.25, -0.2) is 8.42 Å². The van der Waals surface area contributed by atoms with Gasteiger partial charge in [-0.05, 0) is 0 Å². The summed E-state index contributed by atoms with van der Waals surface area (Å²) >= 11 is 0. The van der Waals surface area contributed by atoms with E-state index in [0.717, 1.165) is 6.26 Å². The second-order valence-electron chi connectivity index (χ2n) is 4.38. The Morgan fingerprint density at radius 3 is 2.32 bits per heavy atom. The number of aliphatic hydroxyl groups excluding tert-OH is 3. The molecule has 5 atom stereocenters. The molecule has 0 aliphatic carbocycles. The van der Waals surface area contributed by atoms with Crippen LogP contribution in [0.15, 0.2) is 0 Å². The molecule has 0 aromatic heterocycles. The quantitative estimate of drug-likeness (QED) is 0.362. The maximum atomic E-state index is 11.2. The molecule has 0 bridgehead atoms. The third-order valence-corrected chi connectivity index (χ3v) is 3.29. The van der Waals surface area contributed by atoms with Crippen molar-refractivity contribution in [2.45, 2.75) is 37.5 Å². The monoisotopic (exact) mass is 298 g/mol. The number of hydrogen-bond donors (Lipinski definition) is 5. The molecule has 1 rings (SSSR count). The number of carbonyl (C=O) groups excluding carboxylic acids is 1. The summed E-state index contributed by atoms with van der Waals surface area (Å²) in [5.74, 6) is -0.525. The summed E-state index contributed by atoms with van der Waals surface area (Å²) in [6.45, 7) is 0.571. The van der Waals surface area contributed by atoms with E-state index in [4.69, 9.17) is 9.84 Å². The molecule has 112 valence electrons. The van der Waals surface area contributed by atoms with E-state index < -0.39 is 53.1 Å². The van der Waals surface area contributed by atoms with Crippen LogP contribution in [0.4, 0.5) is 0 Å². The summed E-state index contributed by atoms with van der Waals surface area (Å²) in [6.07, 6.45) is -4.48. The Morgan fingerprint density at radius 1 is 1.32 bits per heavy atom. The number of carbonyl (C=O) groups is 1. The number of rotatable bonds is 4. The van der Waals surface area contributed by atoms with E-state index in [-0.39, 0.29) is 0 Å². The molecule has 1 saturated heterocycles. The van der Waals surface area contributed by atoms with E-state index in [2.05, 4.69) is 10.0 Å². The van der Waals surface area contributed by atoms with E-state index in [1.165, 1.54) is 6.92 Å². The number of hydrogen-bond acceptors (Lipinski definition) is 7. The van der Waals surface area contributed by atoms with E-state index >= 15 is 0 Å². The minimum atomic E-state index is -3.67. The molecule has 0 saturated carbocycles. The van der Waals surface area contributed by atoms with Crippen molar-refractivity contribution in [3.8, 4) is 0 Å². The Balaban J connectivity index is 2.96. The average Bonchev–Trinajstić information content (AvgIpc) is 2.26. The third-order valence-electron chi connectivity index (χ3n) is 2.63. The lowest BCUT2D eigenvalue weighted by Gasteiger charge is -2.42. The fourth-order valence-electron chi connectivity index (χ4n) is 1.82. The van der Waals surface area contributed by atoms with Gasteiger partial charge in [0.2, 0.25) is 15.9 Å². The second-order valence-corrected chi connectivity index (χ2v) is 6.16. The molecule has 1 aliphatic heterocycles. The Hall–Kier alpha value is -0.780. The van der Waals surface area contributed by atoms with Crippen molar-refractivity contribution < 1.29 is 33.3 Å². The highest BCUT2D eigenvalue weighted by atomic mass is 32.2. The Morgan fingerprint density at radius 2 is 1.89 bits per heavy atom. The lowest BCUT2D eigenvalue weighted by molar-refractivity contribution is -0.197. The van der Waals surface area contributed by atoms with E-state index in [0.29, 0.717) is 0 Å². The SMILES string of the molecule is CC(=O)N[C@@H]1[C@@H](O)[C@H](O)[C@@H](CO)O[C@H]1NS(C)(=O)=O. The molecule has 19 heavy (non-hydrogen) atoms. The van der Waals surface area contributed by atoms with Crippen LogP contribution in [0.5, 0.6) is 0 Å². The Bertz CT molecular complexity index is 426. The van der Waals surface area contributed by atoms with Gasteiger partial charge in [-0.1, -0.05) is 0 Å². The van der Waals surface area contributed by atoms with Crippen LogP contribution >= 0.6 is 0 Å². The molecule has 9 nitrogen and oxygen atoms in total. The molecule has 0 radical (unpaired) electrons. The lowest BCUT2D eigenvalue weighted by Crippen LogP contribution is -2.67. The van der Waals surface area contributed by atoms with Gasteiger partial charge < -0.3 is 25.4 Å². The van der Waals surface area contributed by atoms with Crippen molar-refractivity contribution in [2.75, 3.05) is 12.9 Å². The fraction of sp³-hybridized carbons (Fsp3) is 0.889. The molecule has 5 N–H and O–H groups in total. The van der Waals surface area contributed by atoms with Gasteiger partial charge in [0.1, 0.15) is 24.5 Å². The van der Waals surface area contributed by atoms with Gasteiger partial charge in [0.15, 0.2) is 0 Å². The first-order valence-corrected chi connectivity index (χ1v) is 7.41. The predicted molar refractivity (Wildman–Crippen MR) is 63.3 cm³/mol. The van der Waals surface area contributed by atoms with Crippen LogP contribution < -0.4 is 10.0 Å². The molecular weight excluding hydrogens is 280 g/mol. The predicted octanol–water partition coefficient (Wildman–Crippen LogP) is -3.52. The zero-order chi connectivity index (χ0) is 14.8. The number of ether oxygens (including phenoxy) is 1. The lowest BCUT2D eigenvalue weighted by atomic mass is 9.96. The van der Waals surface area contributed by atoms with Crippen LogP contribution in [-0.4, -0.2) is 73.1 Å². The molecular formula is C9H18N2O7S. The molecule has 1 amide bonds. The maximum Gasteiger partial charge on any atom is 0.217 e. The summed E-state index contributed by atoms with van der Waals surface area (Å²) in [5.41, 5.74) is 0. The highest BCUT2D eigenvalue weighted by Gasteiger charge is 2.45. The van der Waals surface area contributed by atoms with Gasteiger partial charge in [0.25, 0.3) is 0 Å². The first-order valence-electron chi connectivity index (χ1n) is 5.52. The molecule has 0 aromatic rings.